The summed E-state index contributed by atoms with van der Waals surface area (Å²) in [6.07, 6.45) is 0. The summed E-state index contributed by atoms with van der Waals surface area (Å²) >= 11 is 3.92. The van der Waals surface area contributed by atoms with Crippen LogP contribution in [-0.2, 0) is 19.1 Å². The molecule has 8 nitrogen and oxygen atoms in total. The summed E-state index contributed by atoms with van der Waals surface area (Å²) in [7, 11) is 0. The third kappa shape index (κ3) is 3.84. The van der Waals surface area contributed by atoms with E-state index in [9.17, 15) is 25.1 Å². The fourth-order valence-corrected chi connectivity index (χ4v) is 7.55. The number of thioether (sulfide) groups is 4. The molecule has 30 heavy (non-hydrogen) atoms. The first kappa shape index (κ1) is 22.3. The van der Waals surface area contributed by atoms with Crippen molar-refractivity contribution < 1.29 is 29.3 Å². The van der Waals surface area contributed by atoms with Gasteiger partial charge in [0.1, 0.15) is 17.6 Å². The number of phenolic OH excluding ortho intramolecular Hbond substituents is 2. The van der Waals surface area contributed by atoms with Gasteiger partial charge in [0.25, 0.3) is 5.70 Å². The highest BCUT2D eigenvalue weighted by Crippen LogP contribution is 2.67. The van der Waals surface area contributed by atoms with E-state index < -0.39 is 11.9 Å². The van der Waals surface area contributed by atoms with Crippen molar-refractivity contribution in [2.45, 2.75) is 33.4 Å². The Balaban J connectivity index is 2.04. The Morgan fingerprint density at radius 3 is 1.77 bits per heavy atom. The Kier molecular flexibility index (Phi) is 6.83. The molecule has 2 aliphatic rings. The monoisotopic (exact) mass is 480 g/mol. The molecule has 0 unspecified atom stereocenters. The molecule has 0 saturated carbocycles. The largest absolute Gasteiger partial charge is 0.505 e. The standard InChI is InChI=1S/C18H12N2O6S4/c1-4-25-15(23)7(6-19)17-27-11-9(21)13-14(10(22)12(11)28-17)30-18(29-13)8(20-3)16(24)26-5-2/h21-22H,4-5H2,1-2H3. The van der Waals surface area contributed by atoms with Crippen LogP contribution >= 0.6 is 47.0 Å². The maximum Gasteiger partial charge on any atom is 0.350 e. The molecule has 0 atom stereocenters. The van der Waals surface area contributed by atoms with Crippen LogP contribution in [0.4, 0.5) is 0 Å². The molecule has 0 amide bonds. The first-order valence-electron chi connectivity index (χ1n) is 8.31. The van der Waals surface area contributed by atoms with Gasteiger partial charge in [-0.1, -0.05) is 47.0 Å². The van der Waals surface area contributed by atoms with Crippen LogP contribution in [0.5, 0.6) is 11.5 Å². The van der Waals surface area contributed by atoms with Gasteiger partial charge in [-0.05, 0) is 13.8 Å². The molecule has 1 aromatic carbocycles. The number of hydrogen-bond acceptors (Lipinski definition) is 11. The normalized spacial score (nSPS) is 13.7. The third-order valence-corrected chi connectivity index (χ3v) is 8.82. The SMILES string of the molecule is [C-]#[N+]C(C(=O)OCC)=C1Sc2c(O)c3c(c(O)c2S1)SC(=C(C#N)C(=O)OCC)S3. The van der Waals surface area contributed by atoms with Gasteiger partial charge in [0.05, 0.1) is 47.8 Å². The molecule has 0 bridgehead atoms. The average Bonchev–Trinajstić information content (AvgIpc) is 3.34. The lowest BCUT2D eigenvalue weighted by Gasteiger charge is -2.08. The summed E-state index contributed by atoms with van der Waals surface area (Å²) in [5.41, 5.74) is -0.433. The lowest BCUT2D eigenvalue weighted by molar-refractivity contribution is -0.139. The third-order valence-electron chi connectivity index (χ3n) is 3.62. The minimum Gasteiger partial charge on any atom is -0.505 e. The lowest BCUT2D eigenvalue weighted by atomic mass is 10.3. The van der Waals surface area contributed by atoms with E-state index in [0.717, 1.165) is 47.0 Å². The first-order valence-corrected chi connectivity index (χ1v) is 11.6. The minimum absolute atomic E-state index is 0.108. The van der Waals surface area contributed by atoms with Gasteiger partial charge < -0.3 is 19.7 Å². The van der Waals surface area contributed by atoms with Crippen molar-refractivity contribution in [3.05, 3.63) is 31.2 Å². The highest BCUT2D eigenvalue weighted by molar-refractivity contribution is 8.26. The fraction of sp³-hybridized carbons (Fsp3) is 0.222. The lowest BCUT2D eigenvalue weighted by Crippen LogP contribution is -2.07. The van der Waals surface area contributed by atoms with E-state index in [1.165, 1.54) is 0 Å². The maximum atomic E-state index is 12.0. The molecule has 2 N–H and O–H groups in total. The number of nitriles is 1. The van der Waals surface area contributed by atoms with E-state index in [-0.39, 0.29) is 45.8 Å². The zero-order valence-corrected chi connectivity index (χ0v) is 18.7. The number of hydrogen-bond donors (Lipinski definition) is 2. The Bertz CT molecular complexity index is 985. The topological polar surface area (TPSA) is 121 Å². The van der Waals surface area contributed by atoms with Gasteiger partial charge in [-0.3, -0.25) is 4.79 Å². The van der Waals surface area contributed by atoms with Crippen LogP contribution in [-0.4, -0.2) is 35.4 Å². The van der Waals surface area contributed by atoms with Crippen LogP contribution in [0.15, 0.2) is 39.3 Å². The number of esters is 2. The minimum atomic E-state index is -0.778. The Morgan fingerprint density at radius 2 is 1.37 bits per heavy atom. The van der Waals surface area contributed by atoms with Gasteiger partial charge in [0.2, 0.25) is 0 Å². The maximum absolute atomic E-state index is 12.0. The van der Waals surface area contributed by atoms with Crippen LogP contribution in [0.25, 0.3) is 4.85 Å². The van der Waals surface area contributed by atoms with E-state index >= 15 is 0 Å². The molecule has 0 aliphatic carbocycles. The Labute approximate surface area is 188 Å². The summed E-state index contributed by atoms with van der Waals surface area (Å²) in [5, 5.41) is 30.9. The van der Waals surface area contributed by atoms with Crippen molar-refractivity contribution in [1.29, 1.82) is 5.26 Å². The molecule has 154 valence electrons. The molecule has 3 rings (SSSR count). The van der Waals surface area contributed by atoms with Crippen LogP contribution < -0.4 is 0 Å². The molecule has 2 aliphatic heterocycles. The molecule has 1 aromatic rings. The first-order chi connectivity index (χ1) is 14.4. The number of phenols is 2. The number of aromatic hydroxyl groups is 2. The molecule has 12 heteroatoms. The van der Waals surface area contributed by atoms with E-state index in [2.05, 4.69) is 4.85 Å². The fourth-order valence-electron chi connectivity index (χ4n) is 2.38. The second kappa shape index (κ2) is 9.18. The van der Waals surface area contributed by atoms with Crippen molar-refractivity contribution in [2.24, 2.45) is 0 Å². The van der Waals surface area contributed by atoms with Crippen molar-refractivity contribution in [2.75, 3.05) is 13.2 Å². The Hall–Kier alpha value is -2.38. The van der Waals surface area contributed by atoms with E-state index in [1.54, 1.807) is 13.8 Å². The molecule has 0 aromatic heterocycles. The molecular weight excluding hydrogens is 468 g/mol. The Morgan fingerprint density at radius 1 is 0.933 bits per heavy atom. The molecule has 2 heterocycles. The zero-order valence-electron chi connectivity index (χ0n) is 15.5. The number of ether oxygens (including phenoxy) is 2. The van der Waals surface area contributed by atoms with Crippen LogP contribution in [0, 0.1) is 17.9 Å². The van der Waals surface area contributed by atoms with Crippen molar-refractivity contribution >= 4 is 59.0 Å². The number of benzene rings is 1. The van der Waals surface area contributed by atoms with Gasteiger partial charge in [-0.25, -0.2) is 9.64 Å². The quantitative estimate of drug-likeness (QED) is 0.209. The van der Waals surface area contributed by atoms with E-state index in [4.69, 9.17) is 16.0 Å². The second-order valence-corrected chi connectivity index (χ2v) is 9.98. The summed E-state index contributed by atoms with van der Waals surface area (Å²) in [6.45, 7) is 10.7. The molecule has 0 radical (unpaired) electrons. The van der Waals surface area contributed by atoms with Crippen molar-refractivity contribution in [3.8, 4) is 17.6 Å². The van der Waals surface area contributed by atoms with Gasteiger partial charge in [-0.2, -0.15) is 5.26 Å². The zero-order chi connectivity index (χ0) is 22.0. The van der Waals surface area contributed by atoms with Gasteiger partial charge >= 0.3 is 11.9 Å². The van der Waals surface area contributed by atoms with Crippen molar-refractivity contribution in [3.63, 3.8) is 0 Å². The summed E-state index contributed by atoms with van der Waals surface area (Å²) < 4.78 is 10.4. The highest BCUT2D eigenvalue weighted by atomic mass is 32.2. The highest BCUT2D eigenvalue weighted by Gasteiger charge is 2.38. The summed E-state index contributed by atoms with van der Waals surface area (Å²) in [4.78, 5) is 28.4. The number of carbonyl (C=O) groups excluding carboxylic acids is 2. The molecule has 0 saturated heterocycles. The molecule has 0 spiro atoms. The van der Waals surface area contributed by atoms with E-state index in [1.807, 2.05) is 6.07 Å². The summed E-state index contributed by atoms with van der Waals surface area (Å²) in [5.74, 6) is -1.87. The van der Waals surface area contributed by atoms with Gasteiger partial charge in [0.15, 0.2) is 5.57 Å². The predicted octanol–water partition coefficient (Wildman–Crippen LogP) is 4.44. The number of fused-ring (bicyclic) bond motifs is 2. The predicted molar refractivity (Wildman–Crippen MR) is 113 cm³/mol. The van der Waals surface area contributed by atoms with Crippen LogP contribution in [0.2, 0.25) is 0 Å². The van der Waals surface area contributed by atoms with Crippen LogP contribution in [0.3, 0.4) is 0 Å². The second-order valence-electron chi connectivity index (χ2n) is 5.39. The molecule has 0 fully saturated rings. The number of rotatable bonds is 4. The number of carbonyl (C=O) groups is 2. The van der Waals surface area contributed by atoms with E-state index in [0.29, 0.717) is 18.3 Å². The smallest absolute Gasteiger partial charge is 0.350 e. The molecular formula is C18H12N2O6S4. The van der Waals surface area contributed by atoms with Crippen LogP contribution in [0.1, 0.15) is 13.8 Å². The average molecular weight is 481 g/mol. The van der Waals surface area contributed by atoms with Gasteiger partial charge in [0, 0.05) is 0 Å². The number of nitrogens with zero attached hydrogens (tertiary/aromatic N) is 2. The van der Waals surface area contributed by atoms with Gasteiger partial charge in [-0.15, -0.1) is 0 Å². The summed E-state index contributed by atoms with van der Waals surface area (Å²) in [6, 6.07) is 1.81. The van der Waals surface area contributed by atoms with Crippen molar-refractivity contribution in [1.82, 2.24) is 0 Å².